The first kappa shape index (κ1) is 20.1. The summed E-state index contributed by atoms with van der Waals surface area (Å²) in [7, 11) is 0. The minimum atomic E-state index is 0.392. The number of likely N-dealkylation sites (tertiary alicyclic amines) is 1. The van der Waals surface area contributed by atoms with E-state index in [0.29, 0.717) is 11.5 Å². The molecule has 2 heteroatoms. The molecule has 4 aliphatic rings. The van der Waals surface area contributed by atoms with Gasteiger partial charge in [-0.25, -0.2) is 0 Å². The van der Waals surface area contributed by atoms with Crippen LogP contribution in [-0.4, -0.2) is 31.1 Å². The Kier molecular flexibility index (Phi) is 6.30. The molecule has 2 aliphatic carbocycles. The van der Waals surface area contributed by atoms with Gasteiger partial charge in [0.25, 0.3) is 0 Å². The molecule has 1 spiro atoms. The summed E-state index contributed by atoms with van der Waals surface area (Å²) in [5, 5.41) is 4.07. The van der Waals surface area contributed by atoms with Gasteiger partial charge in [0.05, 0.1) is 0 Å². The van der Waals surface area contributed by atoms with Crippen LogP contribution in [0.3, 0.4) is 0 Å². The zero-order valence-electron chi connectivity index (χ0n) is 18.5. The van der Waals surface area contributed by atoms with Crippen LogP contribution in [-0.2, 0) is 5.41 Å². The van der Waals surface area contributed by atoms with Gasteiger partial charge in [-0.2, -0.15) is 0 Å². The van der Waals surface area contributed by atoms with Gasteiger partial charge in [0.15, 0.2) is 0 Å². The van der Waals surface area contributed by atoms with Crippen LogP contribution >= 0.6 is 0 Å². The summed E-state index contributed by atoms with van der Waals surface area (Å²) in [6.07, 6.45) is 18.8. The third-order valence-corrected chi connectivity index (χ3v) is 8.95. The van der Waals surface area contributed by atoms with Crippen LogP contribution in [0, 0.1) is 11.8 Å². The Morgan fingerprint density at radius 2 is 1.48 bits per heavy atom. The van der Waals surface area contributed by atoms with Gasteiger partial charge in [-0.3, -0.25) is 0 Å². The molecule has 5 rings (SSSR count). The normalized spacial score (nSPS) is 29.4. The van der Waals surface area contributed by atoms with Gasteiger partial charge in [0.2, 0.25) is 0 Å². The van der Waals surface area contributed by atoms with E-state index in [1.807, 2.05) is 0 Å². The molecule has 1 aromatic carbocycles. The van der Waals surface area contributed by atoms with E-state index in [4.69, 9.17) is 0 Å². The maximum atomic E-state index is 4.07. The third-order valence-electron chi connectivity index (χ3n) is 8.95. The molecule has 0 bridgehead atoms. The molecule has 2 aliphatic heterocycles. The molecule has 160 valence electrons. The number of nitrogens with zero attached hydrogens (tertiary/aromatic N) is 1. The highest BCUT2D eigenvalue weighted by Gasteiger charge is 2.43. The van der Waals surface area contributed by atoms with E-state index in [9.17, 15) is 0 Å². The van der Waals surface area contributed by atoms with Crippen molar-refractivity contribution in [3.05, 3.63) is 35.4 Å². The van der Waals surface area contributed by atoms with Gasteiger partial charge in [0.1, 0.15) is 0 Å². The fourth-order valence-corrected chi connectivity index (χ4v) is 7.17. The second kappa shape index (κ2) is 9.10. The van der Waals surface area contributed by atoms with Gasteiger partial charge >= 0.3 is 0 Å². The molecule has 0 amide bonds. The first-order valence-corrected chi connectivity index (χ1v) is 12.9. The van der Waals surface area contributed by atoms with Crippen LogP contribution in [0.1, 0.15) is 101 Å². The molecule has 3 fully saturated rings. The minimum Gasteiger partial charge on any atom is -0.309 e. The summed E-state index contributed by atoms with van der Waals surface area (Å²) >= 11 is 0. The van der Waals surface area contributed by atoms with E-state index in [0.717, 1.165) is 11.8 Å². The van der Waals surface area contributed by atoms with Gasteiger partial charge in [-0.1, -0.05) is 69.2 Å². The van der Waals surface area contributed by atoms with Crippen molar-refractivity contribution in [3.63, 3.8) is 0 Å². The number of hydrogen-bond acceptors (Lipinski definition) is 2. The highest BCUT2D eigenvalue weighted by atomic mass is 15.1. The van der Waals surface area contributed by atoms with Crippen LogP contribution in [0.15, 0.2) is 24.3 Å². The number of benzene rings is 1. The summed E-state index contributed by atoms with van der Waals surface area (Å²) in [5.41, 5.74) is 3.75. The molecule has 1 atom stereocenters. The van der Waals surface area contributed by atoms with Crippen molar-refractivity contribution < 1.29 is 0 Å². The second-order valence-corrected chi connectivity index (χ2v) is 10.8. The largest absolute Gasteiger partial charge is 0.309 e. The van der Waals surface area contributed by atoms with Crippen LogP contribution < -0.4 is 5.32 Å². The Bertz CT molecular complexity index is 646. The van der Waals surface area contributed by atoms with Crippen molar-refractivity contribution in [3.8, 4) is 0 Å². The van der Waals surface area contributed by atoms with Crippen LogP contribution in [0.5, 0.6) is 0 Å². The number of rotatable bonds is 3. The fourth-order valence-electron chi connectivity index (χ4n) is 7.17. The zero-order valence-corrected chi connectivity index (χ0v) is 18.5. The van der Waals surface area contributed by atoms with E-state index < -0.39 is 0 Å². The smallest absolute Gasteiger partial charge is 0.0351 e. The number of nitrogens with one attached hydrogen (secondary N) is 1. The predicted octanol–water partition coefficient (Wildman–Crippen LogP) is 6.22. The molecule has 1 N–H and O–H groups in total. The molecule has 2 saturated carbocycles. The number of piperidine rings is 1. The second-order valence-electron chi connectivity index (χ2n) is 10.8. The van der Waals surface area contributed by atoms with E-state index >= 15 is 0 Å². The molecule has 1 unspecified atom stereocenters. The Labute approximate surface area is 178 Å². The predicted molar refractivity (Wildman–Crippen MR) is 122 cm³/mol. The first-order chi connectivity index (χ1) is 14.3. The van der Waals surface area contributed by atoms with Gasteiger partial charge in [-0.15, -0.1) is 0 Å². The van der Waals surface area contributed by atoms with Gasteiger partial charge in [0, 0.05) is 24.5 Å². The van der Waals surface area contributed by atoms with E-state index in [1.165, 1.54) is 110 Å². The molecule has 1 aromatic rings. The fraction of sp³-hybridized carbons (Fsp3) is 0.778. The van der Waals surface area contributed by atoms with E-state index in [2.05, 4.69) is 34.5 Å². The molecule has 0 aromatic heterocycles. The summed E-state index contributed by atoms with van der Waals surface area (Å²) in [6.45, 7) is 5.19. The third kappa shape index (κ3) is 4.30. The molecule has 2 heterocycles. The Morgan fingerprint density at radius 1 is 0.828 bits per heavy atom. The summed E-state index contributed by atoms with van der Waals surface area (Å²) in [4.78, 5) is 2.82. The van der Waals surface area contributed by atoms with Crippen molar-refractivity contribution >= 4 is 0 Å². The number of fused-ring (bicyclic) bond motifs is 2. The van der Waals surface area contributed by atoms with Crippen LogP contribution in [0.2, 0.25) is 0 Å². The SMILES string of the molecule is c1ccc2c(c1)C(C1CCCC1)NCC21CCN(CC2CCCCCCC2)CC1. The van der Waals surface area contributed by atoms with Crippen molar-refractivity contribution in [2.24, 2.45) is 11.8 Å². The Morgan fingerprint density at radius 3 is 2.24 bits per heavy atom. The number of hydrogen-bond donors (Lipinski definition) is 1. The lowest BCUT2D eigenvalue weighted by atomic mass is 9.66. The maximum absolute atomic E-state index is 4.07. The summed E-state index contributed by atoms with van der Waals surface area (Å²) < 4.78 is 0. The summed E-state index contributed by atoms with van der Waals surface area (Å²) in [6, 6.07) is 10.1. The van der Waals surface area contributed by atoms with Gasteiger partial charge < -0.3 is 10.2 Å². The lowest BCUT2D eigenvalue weighted by molar-refractivity contribution is 0.118. The highest BCUT2D eigenvalue weighted by molar-refractivity contribution is 5.40. The minimum absolute atomic E-state index is 0.392. The van der Waals surface area contributed by atoms with Crippen molar-refractivity contribution in [1.29, 1.82) is 0 Å². The molecule has 2 nitrogen and oxygen atoms in total. The Balaban J connectivity index is 1.25. The molecular formula is C27H42N2. The van der Waals surface area contributed by atoms with E-state index in [1.54, 1.807) is 11.1 Å². The Hall–Kier alpha value is -0.860. The standard InChI is InChI=1S/C27H42N2/c1-2-4-10-22(11-5-3-1)20-29-18-16-27(17-19-29)21-28-26(23-12-6-7-13-23)24-14-8-9-15-25(24)27/h8-9,14-15,22-23,26,28H,1-7,10-13,16-21H2. The quantitative estimate of drug-likeness (QED) is 0.655. The van der Waals surface area contributed by atoms with E-state index in [-0.39, 0.29) is 0 Å². The first-order valence-electron chi connectivity index (χ1n) is 12.9. The molecular weight excluding hydrogens is 352 g/mol. The molecule has 1 saturated heterocycles. The zero-order chi connectivity index (χ0) is 19.5. The maximum Gasteiger partial charge on any atom is 0.0351 e. The van der Waals surface area contributed by atoms with Gasteiger partial charge in [-0.05, 0) is 74.6 Å². The van der Waals surface area contributed by atoms with Crippen LogP contribution in [0.4, 0.5) is 0 Å². The van der Waals surface area contributed by atoms with Crippen LogP contribution in [0.25, 0.3) is 0 Å². The summed E-state index contributed by atoms with van der Waals surface area (Å²) in [5.74, 6) is 1.83. The average molecular weight is 395 g/mol. The molecule has 0 radical (unpaired) electrons. The average Bonchev–Trinajstić information content (AvgIpc) is 3.27. The lowest BCUT2D eigenvalue weighted by Gasteiger charge is -2.49. The highest BCUT2D eigenvalue weighted by Crippen LogP contribution is 2.46. The van der Waals surface area contributed by atoms with Crippen molar-refractivity contribution in [2.45, 2.75) is 94.9 Å². The topological polar surface area (TPSA) is 15.3 Å². The molecule has 29 heavy (non-hydrogen) atoms. The van der Waals surface area contributed by atoms with Crippen molar-refractivity contribution in [1.82, 2.24) is 10.2 Å². The van der Waals surface area contributed by atoms with Crippen molar-refractivity contribution in [2.75, 3.05) is 26.2 Å². The lowest BCUT2D eigenvalue weighted by Crippen LogP contribution is -2.53. The monoisotopic (exact) mass is 394 g/mol.